The molecule has 0 saturated carbocycles. The highest BCUT2D eigenvalue weighted by Gasteiger charge is 2.11. The van der Waals surface area contributed by atoms with Gasteiger partial charge in [-0.15, -0.1) is 34.0 Å². The summed E-state index contributed by atoms with van der Waals surface area (Å²) in [6.07, 6.45) is 6.01. The Hall–Kier alpha value is -0.850. The molecule has 0 amide bonds. The van der Waals surface area contributed by atoms with Crippen LogP contribution in [-0.2, 0) is 6.54 Å². The van der Waals surface area contributed by atoms with Gasteiger partial charge in [-0.1, -0.05) is 6.08 Å². The van der Waals surface area contributed by atoms with Crippen molar-refractivity contribution in [2.24, 2.45) is 0 Å². The number of hydrogen-bond donors (Lipinski definition) is 2. The molecule has 98 valence electrons. The molecule has 1 aliphatic carbocycles. The lowest BCUT2D eigenvalue weighted by molar-refractivity contribution is 0.314. The number of hydrogen-bond acceptors (Lipinski definition) is 4. The predicted octanol–water partition coefficient (Wildman–Crippen LogP) is 2.58. The fourth-order valence-corrected chi connectivity index (χ4v) is 1.67. The Morgan fingerprint density at radius 1 is 1.28 bits per heavy atom. The van der Waals surface area contributed by atoms with E-state index in [1.165, 1.54) is 0 Å². The standard InChI is InChI=1S/C12H13N3O.2BrH/c1-2-10(3-1)14-11-5-4-9-8-13-6-7-16-12(9)15-11;;/h1-5,13H,6-8H2,(H,14,15);2*1H. The van der Waals surface area contributed by atoms with Crippen LogP contribution >= 0.6 is 34.0 Å². The summed E-state index contributed by atoms with van der Waals surface area (Å²) in [5, 5.41) is 6.49. The van der Waals surface area contributed by atoms with E-state index >= 15 is 0 Å². The summed E-state index contributed by atoms with van der Waals surface area (Å²) < 4.78 is 5.57. The van der Waals surface area contributed by atoms with Crippen LogP contribution in [0.15, 0.2) is 36.1 Å². The number of pyridine rings is 1. The average Bonchev–Trinajstić information content (AvgIpc) is 2.48. The summed E-state index contributed by atoms with van der Waals surface area (Å²) in [5.41, 5.74) is 2.19. The van der Waals surface area contributed by atoms with Crippen LogP contribution in [0.25, 0.3) is 0 Å². The molecular weight excluding hydrogens is 362 g/mol. The molecule has 0 fully saturated rings. The zero-order chi connectivity index (χ0) is 10.8. The summed E-state index contributed by atoms with van der Waals surface area (Å²) in [6, 6.07) is 4.02. The first kappa shape index (κ1) is 15.2. The maximum absolute atomic E-state index is 5.57. The van der Waals surface area contributed by atoms with Gasteiger partial charge in [0.2, 0.25) is 5.88 Å². The zero-order valence-corrected chi connectivity index (χ0v) is 13.1. The topological polar surface area (TPSA) is 46.2 Å². The van der Waals surface area contributed by atoms with Crippen molar-refractivity contribution in [2.45, 2.75) is 6.54 Å². The molecule has 0 saturated heterocycles. The van der Waals surface area contributed by atoms with Crippen LogP contribution in [0.4, 0.5) is 5.82 Å². The van der Waals surface area contributed by atoms with Crippen LogP contribution in [-0.4, -0.2) is 18.1 Å². The van der Waals surface area contributed by atoms with E-state index in [9.17, 15) is 0 Å². The van der Waals surface area contributed by atoms with Gasteiger partial charge in [0, 0.05) is 24.4 Å². The number of anilines is 1. The average molecular weight is 377 g/mol. The van der Waals surface area contributed by atoms with Gasteiger partial charge in [0.15, 0.2) is 0 Å². The molecule has 18 heavy (non-hydrogen) atoms. The van der Waals surface area contributed by atoms with Crippen molar-refractivity contribution >= 4 is 39.8 Å². The first-order valence-corrected chi connectivity index (χ1v) is 5.41. The van der Waals surface area contributed by atoms with Crippen molar-refractivity contribution in [1.82, 2.24) is 10.3 Å². The van der Waals surface area contributed by atoms with Gasteiger partial charge in [-0.3, -0.25) is 0 Å². The molecule has 2 N–H and O–H groups in total. The van der Waals surface area contributed by atoms with E-state index in [4.69, 9.17) is 4.74 Å². The largest absolute Gasteiger partial charge is 0.476 e. The summed E-state index contributed by atoms with van der Waals surface area (Å²) in [6.45, 7) is 2.37. The quantitative estimate of drug-likeness (QED) is 0.832. The maximum Gasteiger partial charge on any atom is 0.219 e. The van der Waals surface area contributed by atoms with Crippen molar-refractivity contribution in [2.75, 3.05) is 18.5 Å². The first-order chi connectivity index (χ1) is 7.92. The molecule has 0 bridgehead atoms. The second-order valence-corrected chi connectivity index (χ2v) is 3.79. The Labute approximate surface area is 127 Å². The van der Waals surface area contributed by atoms with E-state index in [1.54, 1.807) is 0 Å². The van der Waals surface area contributed by atoms with Crippen LogP contribution in [0.3, 0.4) is 0 Å². The Balaban J connectivity index is 0.000000810. The molecule has 2 aliphatic rings. The number of fused-ring (bicyclic) bond motifs is 1. The van der Waals surface area contributed by atoms with Gasteiger partial charge in [-0.05, 0) is 24.3 Å². The summed E-state index contributed by atoms with van der Waals surface area (Å²) in [7, 11) is 0. The van der Waals surface area contributed by atoms with Crippen LogP contribution in [0.1, 0.15) is 5.56 Å². The van der Waals surface area contributed by atoms with E-state index < -0.39 is 0 Å². The second kappa shape index (κ2) is 6.92. The lowest BCUT2D eigenvalue weighted by Crippen LogP contribution is -2.16. The van der Waals surface area contributed by atoms with Crippen molar-refractivity contribution < 1.29 is 4.74 Å². The highest BCUT2D eigenvalue weighted by Crippen LogP contribution is 2.21. The van der Waals surface area contributed by atoms with Crippen molar-refractivity contribution in [1.29, 1.82) is 0 Å². The van der Waals surface area contributed by atoms with Crippen LogP contribution in [0, 0.1) is 0 Å². The molecule has 3 rings (SSSR count). The monoisotopic (exact) mass is 375 g/mol. The Morgan fingerprint density at radius 3 is 2.83 bits per heavy atom. The number of halogens is 2. The number of ether oxygens (including phenoxy) is 1. The van der Waals surface area contributed by atoms with Gasteiger partial charge in [0.1, 0.15) is 12.4 Å². The summed E-state index contributed by atoms with van der Waals surface area (Å²) >= 11 is 0. The van der Waals surface area contributed by atoms with E-state index in [-0.39, 0.29) is 34.0 Å². The van der Waals surface area contributed by atoms with Crippen molar-refractivity contribution in [3.63, 3.8) is 0 Å². The van der Waals surface area contributed by atoms with Crippen molar-refractivity contribution in [3.8, 4) is 5.88 Å². The van der Waals surface area contributed by atoms with E-state index in [1.807, 2.05) is 30.4 Å². The normalized spacial score (nSPS) is 15.7. The molecule has 1 aromatic rings. The highest BCUT2D eigenvalue weighted by atomic mass is 79.9. The molecule has 1 aliphatic heterocycles. The highest BCUT2D eigenvalue weighted by molar-refractivity contribution is 8.93. The lowest BCUT2D eigenvalue weighted by atomic mass is 10.2. The van der Waals surface area contributed by atoms with Crippen molar-refractivity contribution in [3.05, 3.63) is 41.6 Å². The summed E-state index contributed by atoms with van der Waals surface area (Å²) in [5.74, 6) is 1.56. The number of nitrogens with zero attached hydrogens (tertiary/aromatic N) is 1. The minimum absolute atomic E-state index is 0. The van der Waals surface area contributed by atoms with E-state index in [0.29, 0.717) is 6.61 Å². The van der Waals surface area contributed by atoms with Crippen LogP contribution in [0.5, 0.6) is 5.88 Å². The SMILES string of the molecule is Br.Br.C1=CC(Nc2ccc3c(n2)OCCNC3)=C1. The number of nitrogens with one attached hydrogen (secondary N) is 2. The summed E-state index contributed by atoms with van der Waals surface area (Å²) in [4.78, 5) is 4.45. The number of aromatic nitrogens is 1. The fourth-order valence-electron chi connectivity index (χ4n) is 1.67. The van der Waals surface area contributed by atoms with Gasteiger partial charge in [-0.2, -0.15) is 4.98 Å². The molecule has 1 aromatic heterocycles. The molecule has 2 heterocycles. The fraction of sp³-hybridized carbons (Fsp3) is 0.250. The van der Waals surface area contributed by atoms with Gasteiger partial charge >= 0.3 is 0 Å². The van der Waals surface area contributed by atoms with Gasteiger partial charge in [0.25, 0.3) is 0 Å². The van der Waals surface area contributed by atoms with E-state index in [0.717, 1.165) is 36.0 Å². The maximum atomic E-state index is 5.57. The van der Waals surface area contributed by atoms with E-state index in [2.05, 4.69) is 15.6 Å². The minimum Gasteiger partial charge on any atom is -0.476 e. The van der Waals surface area contributed by atoms with Crippen LogP contribution in [0.2, 0.25) is 0 Å². The third-order valence-corrected chi connectivity index (χ3v) is 2.60. The smallest absolute Gasteiger partial charge is 0.219 e. The molecule has 4 nitrogen and oxygen atoms in total. The lowest BCUT2D eigenvalue weighted by Gasteiger charge is -2.12. The molecule has 0 radical (unpaired) electrons. The predicted molar refractivity (Wildman–Crippen MR) is 82.9 cm³/mol. The van der Waals surface area contributed by atoms with Gasteiger partial charge in [0.05, 0.1) is 0 Å². The third-order valence-electron chi connectivity index (χ3n) is 2.60. The molecular formula is C12H15Br2N3O. The Morgan fingerprint density at radius 2 is 2.11 bits per heavy atom. The van der Waals surface area contributed by atoms with Crippen LogP contribution < -0.4 is 15.4 Å². The number of allylic oxidation sites excluding steroid dienone is 3. The molecule has 0 aromatic carbocycles. The Bertz CT molecular complexity index is 474. The third kappa shape index (κ3) is 3.34. The van der Waals surface area contributed by atoms with Gasteiger partial charge in [-0.25, -0.2) is 0 Å². The molecule has 0 atom stereocenters. The first-order valence-electron chi connectivity index (χ1n) is 5.41. The minimum atomic E-state index is 0. The Kier molecular flexibility index (Phi) is 5.84. The number of rotatable bonds is 2. The molecule has 6 heteroatoms. The molecule has 0 spiro atoms. The second-order valence-electron chi connectivity index (χ2n) is 3.79. The molecule has 0 unspecified atom stereocenters. The van der Waals surface area contributed by atoms with Gasteiger partial charge < -0.3 is 15.4 Å². The zero-order valence-electron chi connectivity index (χ0n) is 9.68.